The molecule has 0 aliphatic rings. The van der Waals surface area contributed by atoms with Crippen molar-refractivity contribution >= 4 is 57.6 Å². The van der Waals surface area contributed by atoms with Crippen molar-refractivity contribution in [2.45, 2.75) is 17.9 Å². The van der Waals surface area contributed by atoms with E-state index in [1.807, 2.05) is 0 Å². The maximum atomic E-state index is 11.9. The van der Waals surface area contributed by atoms with Gasteiger partial charge < -0.3 is 20.3 Å². The topological polar surface area (TPSA) is 156 Å². The molecule has 1 aromatic heterocycles. The number of nitrogens with one attached hydrogen (secondary N) is 1. The molecule has 0 saturated carbocycles. The minimum absolute atomic E-state index is 0.0748. The number of methoxy groups -OCH3 is 1. The second-order valence-electron chi connectivity index (χ2n) is 6.40. The van der Waals surface area contributed by atoms with Crippen LogP contribution in [0.2, 0.25) is 0 Å². The third kappa shape index (κ3) is 4.56. The average molecular weight is 443 g/mol. The van der Waals surface area contributed by atoms with Gasteiger partial charge in [-0.25, -0.2) is 24.4 Å². The monoisotopic (exact) mass is 443 g/mol. The third-order valence-electron chi connectivity index (χ3n) is 4.31. The second-order valence-corrected chi connectivity index (χ2v) is 7.46. The first-order chi connectivity index (χ1) is 14.7. The zero-order valence-corrected chi connectivity index (χ0v) is 17.2. The fourth-order valence-electron chi connectivity index (χ4n) is 2.94. The van der Waals surface area contributed by atoms with Gasteiger partial charge >= 0.3 is 17.9 Å². The molecule has 0 aliphatic heterocycles. The van der Waals surface area contributed by atoms with Gasteiger partial charge in [-0.2, -0.15) is 0 Å². The van der Waals surface area contributed by atoms with E-state index in [9.17, 15) is 29.4 Å². The zero-order valence-electron chi connectivity index (χ0n) is 16.4. The number of benzene rings is 2. The lowest BCUT2D eigenvalue weighted by Crippen LogP contribution is -2.42. The van der Waals surface area contributed by atoms with E-state index in [1.54, 1.807) is 6.07 Å². The van der Waals surface area contributed by atoms with Crippen molar-refractivity contribution in [1.29, 1.82) is 0 Å². The van der Waals surface area contributed by atoms with Gasteiger partial charge in [-0.1, -0.05) is 6.07 Å². The van der Waals surface area contributed by atoms with Crippen molar-refractivity contribution in [2.24, 2.45) is 0 Å². The van der Waals surface area contributed by atoms with Gasteiger partial charge in [0.25, 0.3) is 0 Å². The minimum atomic E-state index is -1.21. The molecule has 11 heteroatoms. The highest BCUT2D eigenvalue weighted by Gasteiger charge is 2.23. The fourth-order valence-corrected chi connectivity index (χ4v) is 3.95. The standard InChI is InChI=1S/C20H17N3O7S/c1-9(24)21-13(20(29)30-2)8-31-14-7-6-11(19(27)28)16-17(14)23-15-10(18(25)26)4-3-5-12(15)22-16/h3-7,13H,8H2,1-2H3,(H,21,24)(H,25,26)(H,27,28)/t13-/m0/s1. The SMILES string of the molecule is COC(=O)[C@H](CSc1ccc(C(=O)O)c2nc3cccc(C(=O)O)c3nc12)NC(C)=O. The van der Waals surface area contributed by atoms with Crippen LogP contribution < -0.4 is 5.32 Å². The first-order valence-corrected chi connectivity index (χ1v) is 9.89. The summed E-state index contributed by atoms with van der Waals surface area (Å²) in [6.07, 6.45) is 0. The predicted octanol–water partition coefficient (Wildman–Crippen LogP) is 1.95. The largest absolute Gasteiger partial charge is 0.478 e. The minimum Gasteiger partial charge on any atom is -0.478 e. The number of ether oxygens (including phenoxy) is 1. The van der Waals surface area contributed by atoms with Crippen LogP contribution in [0, 0.1) is 0 Å². The summed E-state index contributed by atoms with van der Waals surface area (Å²) in [5, 5.41) is 21.5. The van der Waals surface area contributed by atoms with Crippen molar-refractivity contribution < 1.29 is 34.1 Å². The van der Waals surface area contributed by atoms with Crippen LogP contribution >= 0.6 is 11.8 Å². The highest BCUT2D eigenvalue weighted by atomic mass is 32.2. The quantitative estimate of drug-likeness (QED) is 0.280. The number of nitrogens with zero attached hydrogens (tertiary/aromatic N) is 2. The third-order valence-corrected chi connectivity index (χ3v) is 5.45. The number of rotatable bonds is 7. The number of para-hydroxylation sites is 1. The van der Waals surface area contributed by atoms with Gasteiger partial charge in [0.1, 0.15) is 22.6 Å². The smallest absolute Gasteiger partial charge is 0.337 e. The molecule has 2 aromatic carbocycles. The van der Waals surface area contributed by atoms with E-state index in [4.69, 9.17) is 4.74 Å². The number of hydrogen-bond acceptors (Lipinski definition) is 8. The van der Waals surface area contributed by atoms with E-state index in [2.05, 4.69) is 15.3 Å². The van der Waals surface area contributed by atoms with Crippen LogP contribution in [0.5, 0.6) is 0 Å². The van der Waals surface area contributed by atoms with Crippen molar-refractivity contribution in [3.63, 3.8) is 0 Å². The maximum Gasteiger partial charge on any atom is 0.337 e. The van der Waals surface area contributed by atoms with Gasteiger partial charge in [-0.3, -0.25) is 4.79 Å². The Balaban J connectivity index is 2.15. The molecule has 1 atom stereocenters. The molecule has 0 spiro atoms. The molecule has 0 aliphatic carbocycles. The summed E-state index contributed by atoms with van der Waals surface area (Å²) in [6, 6.07) is 6.35. The number of hydrogen-bond donors (Lipinski definition) is 3. The molecule has 3 aromatic rings. The average Bonchev–Trinajstić information content (AvgIpc) is 2.73. The van der Waals surface area contributed by atoms with Gasteiger partial charge in [0.05, 0.1) is 23.8 Å². The molecule has 160 valence electrons. The number of esters is 1. The lowest BCUT2D eigenvalue weighted by Gasteiger charge is -2.16. The van der Waals surface area contributed by atoms with Gasteiger partial charge in [-0.05, 0) is 24.3 Å². The van der Waals surface area contributed by atoms with Gasteiger partial charge in [-0.15, -0.1) is 11.8 Å². The molecule has 0 bridgehead atoms. The molecular weight excluding hydrogens is 426 g/mol. The molecule has 1 heterocycles. The van der Waals surface area contributed by atoms with Crippen LogP contribution in [0.1, 0.15) is 27.6 Å². The van der Waals surface area contributed by atoms with Crippen LogP contribution in [0.25, 0.3) is 22.1 Å². The first-order valence-electron chi connectivity index (χ1n) is 8.90. The summed E-state index contributed by atoms with van der Waals surface area (Å²) >= 11 is 1.13. The summed E-state index contributed by atoms with van der Waals surface area (Å²) in [7, 11) is 1.20. The van der Waals surface area contributed by atoms with Gasteiger partial charge in [0.2, 0.25) is 5.91 Å². The summed E-state index contributed by atoms with van der Waals surface area (Å²) in [5.74, 6) is -3.39. The molecule has 31 heavy (non-hydrogen) atoms. The molecule has 10 nitrogen and oxygen atoms in total. The molecule has 0 fully saturated rings. The number of amides is 1. The Hall–Kier alpha value is -3.73. The highest BCUT2D eigenvalue weighted by Crippen LogP contribution is 2.31. The first kappa shape index (κ1) is 22.0. The Morgan fingerprint density at radius 2 is 1.68 bits per heavy atom. The van der Waals surface area contributed by atoms with Crippen LogP contribution in [-0.4, -0.2) is 62.9 Å². The van der Waals surface area contributed by atoms with Crippen LogP contribution in [0.15, 0.2) is 35.2 Å². The number of carboxylic acids is 2. The Kier molecular flexibility index (Phi) is 6.35. The Morgan fingerprint density at radius 1 is 1.00 bits per heavy atom. The normalized spacial score (nSPS) is 11.8. The van der Waals surface area contributed by atoms with E-state index in [0.29, 0.717) is 4.90 Å². The molecule has 0 radical (unpaired) electrons. The van der Waals surface area contributed by atoms with Crippen molar-refractivity contribution in [3.8, 4) is 0 Å². The number of carbonyl (C=O) groups is 4. The van der Waals surface area contributed by atoms with Crippen molar-refractivity contribution in [2.75, 3.05) is 12.9 Å². The number of aromatic carboxylic acids is 2. The Labute approximate surface area is 179 Å². The molecule has 3 N–H and O–H groups in total. The summed E-state index contributed by atoms with van der Waals surface area (Å²) in [6.45, 7) is 1.27. The number of aromatic nitrogens is 2. The number of thioether (sulfide) groups is 1. The maximum absolute atomic E-state index is 11.9. The summed E-state index contributed by atoms with van der Waals surface area (Å²) in [5.41, 5.74) is 0.440. The second kappa shape index (κ2) is 8.96. The van der Waals surface area contributed by atoms with E-state index in [1.165, 1.54) is 38.3 Å². The van der Waals surface area contributed by atoms with Gasteiger partial charge in [0.15, 0.2) is 0 Å². The molecule has 1 amide bonds. The van der Waals surface area contributed by atoms with E-state index in [0.717, 1.165) is 11.8 Å². The predicted molar refractivity (Wildman–Crippen MR) is 111 cm³/mol. The highest BCUT2D eigenvalue weighted by molar-refractivity contribution is 7.99. The Bertz CT molecular complexity index is 1230. The van der Waals surface area contributed by atoms with E-state index < -0.39 is 29.9 Å². The van der Waals surface area contributed by atoms with Crippen LogP contribution in [0.3, 0.4) is 0 Å². The van der Waals surface area contributed by atoms with E-state index in [-0.39, 0.29) is 38.9 Å². The number of fused-ring (bicyclic) bond motifs is 2. The lowest BCUT2D eigenvalue weighted by molar-refractivity contribution is -0.144. The fraction of sp³-hybridized carbons (Fsp3) is 0.200. The van der Waals surface area contributed by atoms with Crippen molar-refractivity contribution in [1.82, 2.24) is 15.3 Å². The molecule has 0 unspecified atom stereocenters. The Morgan fingerprint density at radius 3 is 2.29 bits per heavy atom. The number of carbonyl (C=O) groups excluding carboxylic acids is 2. The zero-order chi connectivity index (χ0) is 22.7. The lowest BCUT2D eigenvalue weighted by atomic mass is 10.1. The molecule has 0 saturated heterocycles. The molecule has 3 rings (SSSR count). The van der Waals surface area contributed by atoms with E-state index >= 15 is 0 Å². The van der Waals surface area contributed by atoms with Crippen LogP contribution in [0.4, 0.5) is 0 Å². The van der Waals surface area contributed by atoms with Gasteiger partial charge in [0, 0.05) is 17.6 Å². The van der Waals surface area contributed by atoms with Crippen LogP contribution in [-0.2, 0) is 14.3 Å². The molecular formula is C20H17N3O7S. The summed E-state index contributed by atoms with van der Waals surface area (Å²) in [4.78, 5) is 55.8. The van der Waals surface area contributed by atoms with Crippen molar-refractivity contribution in [3.05, 3.63) is 41.5 Å². The number of carboxylic acid groups (broad SMARTS) is 2. The summed E-state index contributed by atoms with van der Waals surface area (Å²) < 4.78 is 4.70.